The van der Waals surface area contributed by atoms with E-state index in [1.807, 2.05) is 30.3 Å². The zero-order valence-corrected chi connectivity index (χ0v) is 13.0. The summed E-state index contributed by atoms with van der Waals surface area (Å²) in [6, 6.07) is 9.95. The number of benzene rings is 1. The van der Waals surface area contributed by atoms with Crippen molar-refractivity contribution >= 4 is 17.7 Å². The summed E-state index contributed by atoms with van der Waals surface area (Å²) < 4.78 is 5.14. The van der Waals surface area contributed by atoms with E-state index in [1.54, 1.807) is 18.9 Å². The molecular formula is C16H20N2O2S. The van der Waals surface area contributed by atoms with E-state index >= 15 is 0 Å². The lowest BCUT2D eigenvalue weighted by Gasteiger charge is -2.18. The molecule has 0 radical (unpaired) electrons. The number of nitrogens with zero attached hydrogens (tertiary/aromatic N) is 1. The molecule has 1 aliphatic rings. The molecule has 1 aromatic carbocycles. The molecular weight excluding hydrogens is 284 g/mol. The number of rotatable bonds is 6. The smallest absolute Gasteiger partial charge is 0.224 e. The first-order valence-corrected chi connectivity index (χ1v) is 8.14. The largest absolute Gasteiger partial charge is 0.497 e. The summed E-state index contributed by atoms with van der Waals surface area (Å²) in [5.41, 5.74) is 0. The van der Waals surface area contributed by atoms with E-state index in [0.717, 1.165) is 30.8 Å². The molecule has 1 N–H and O–H groups in total. The predicted octanol–water partition coefficient (Wildman–Crippen LogP) is 2.84. The van der Waals surface area contributed by atoms with Crippen LogP contribution in [0.4, 0.5) is 0 Å². The van der Waals surface area contributed by atoms with Crippen LogP contribution in [0.5, 0.6) is 5.75 Å². The van der Waals surface area contributed by atoms with E-state index in [4.69, 9.17) is 10.00 Å². The van der Waals surface area contributed by atoms with E-state index in [1.165, 1.54) is 4.90 Å². The SMILES string of the molecule is COc1ccc(SC[C@@H]2CCC[C@H]2C(=O)NCC#N)cc1. The summed E-state index contributed by atoms with van der Waals surface area (Å²) >= 11 is 1.78. The molecule has 112 valence electrons. The van der Waals surface area contributed by atoms with Gasteiger partial charge in [0.05, 0.1) is 13.2 Å². The molecule has 0 heterocycles. The van der Waals surface area contributed by atoms with Crippen molar-refractivity contribution in [3.05, 3.63) is 24.3 Å². The Bertz CT molecular complexity index is 510. The van der Waals surface area contributed by atoms with Crippen LogP contribution >= 0.6 is 11.8 Å². The van der Waals surface area contributed by atoms with Crippen LogP contribution in [0.3, 0.4) is 0 Å². The Morgan fingerprint density at radius 3 is 2.86 bits per heavy atom. The number of hydrogen-bond acceptors (Lipinski definition) is 4. The standard InChI is InChI=1S/C16H20N2O2S/c1-20-13-5-7-14(8-6-13)21-11-12-3-2-4-15(12)16(19)18-10-9-17/h5-8,12,15H,2-4,10-11H2,1H3,(H,18,19)/t12-,15+/m0/s1. The van der Waals surface area contributed by atoms with Gasteiger partial charge in [0, 0.05) is 16.6 Å². The fourth-order valence-electron chi connectivity index (χ4n) is 2.71. The van der Waals surface area contributed by atoms with Crippen molar-refractivity contribution < 1.29 is 9.53 Å². The second-order valence-corrected chi connectivity index (χ2v) is 6.25. The Kier molecular flexibility index (Phi) is 5.94. The van der Waals surface area contributed by atoms with Gasteiger partial charge in [-0.15, -0.1) is 11.8 Å². The van der Waals surface area contributed by atoms with Crippen molar-refractivity contribution in [2.24, 2.45) is 11.8 Å². The second-order valence-electron chi connectivity index (χ2n) is 5.16. The van der Waals surface area contributed by atoms with E-state index in [0.29, 0.717) is 5.92 Å². The summed E-state index contributed by atoms with van der Waals surface area (Å²) in [6.45, 7) is 0.105. The highest BCUT2D eigenvalue weighted by molar-refractivity contribution is 7.99. The Hall–Kier alpha value is -1.67. The van der Waals surface area contributed by atoms with Crippen LogP contribution in [0.25, 0.3) is 0 Å². The van der Waals surface area contributed by atoms with Gasteiger partial charge in [0.15, 0.2) is 0 Å². The first kappa shape index (κ1) is 15.7. The Morgan fingerprint density at radius 2 is 2.19 bits per heavy atom. The maximum Gasteiger partial charge on any atom is 0.224 e. The molecule has 1 fully saturated rings. The van der Waals surface area contributed by atoms with Crippen molar-refractivity contribution in [1.29, 1.82) is 5.26 Å². The third kappa shape index (κ3) is 4.40. The number of nitrogens with one attached hydrogen (secondary N) is 1. The fourth-order valence-corrected chi connectivity index (χ4v) is 3.85. The number of ether oxygens (including phenoxy) is 1. The molecule has 4 nitrogen and oxygen atoms in total. The minimum atomic E-state index is 0.0365. The molecule has 1 amide bonds. The normalized spacial score (nSPS) is 20.8. The van der Waals surface area contributed by atoms with Crippen LogP contribution in [-0.2, 0) is 4.79 Å². The topological polar surface area (TPSA) is 62.1 Å². The first-order valence-electron chi connectivity index (χ1n) is 7.16. The molecule has 2 rings (SSSR count). The molecule has 21 heavy (non-hydrogen) atoms. The summed E-state index contributed by atoms with van der Waals surface area (Å²) in [4.78, 5) is 13.2. The summed E-state index contributed by atoms with van der Waals surface area (Å²) in [5, 5.41) is 11.2. The highest BCUT2D eigenvalue weighted by atomic mass is 32.2. The quantitative estimate of drug-likeness (QED) is 0.648. The molecule has 0 saturated heterocycles. The lowest BCUT2D eigenvalue weighted by Crippen LogP contribution is -2.33. The van der Waals surface area contributed by atoms with E-state index in [9.17, 15) is 4.79 Å². The van der Waals surface area contributed by atoms with E-state index < -0.39 is 0 Å². The zero-order chi connectivity index (χ0) is 15.1. The van der Waals surface area contributed by atoms with E-state index in [-0.39, 0.29) is 18.4 Å². The average Bonchev–Trinajstić information content (AvgIpc) is 2.99. The lowest BCUT2D eigenvalue weighted by molar-refractivity contribution is -0.125. The lowest BCUT2D eigenvalue weighted by atomic mass is 9.97. The molecule has 1 aliphatic carbocycles. The van der Waals surface area contributed by atoms with Crippen molar-refractivity contribution in [1.82, 2.24) is 5.32 Å². The predicted molar refractivity (Wildman–Crippen MR) is 83.2 cm³/mol. The molecule has 0 bridgehead atoms. The van der Waals surface area contributed by atoms with Gasteiger partial charge in [-0.2, -0.15) is 5.26 Å². The molecule has 5 heteroatoms. The second kappa shape index (κ2) is 7.94. The summed E-state index contributed by atoms with van der Waals surface area (Å²) in [6.07, 6.45) is 3.12. The number of nitriles is 1. The Labute approximate surface area is 129 Å². The maximum absolute atomic E-state index is 12.0. The number of methoxy groups -OCH3 is 1. The van der Waals surface area contributed by atoms with Gasteiger partial charge in [-0.05, 0) is 43.0 Å². The minimum absolute atomic E-state index is 0.0365. The van der Waals surface area contributed by atoms with Crippen LogP contribution < -0.4 is 10.1 Å². The van der Waals surface area contributed by atoms with Gasteiger partial charge in [-0.3, -0.25) is 4.79 Å². The van der Waals surface area contributed by atoms with Crippen LogP contribution in [0.15, 0.2) is 29.2 Å². The van der Waals surface area contributed by atoms with Gasteiger partial charge in [-0.1, -0.05) is 6.42 Å². The van der Waals surface area contributed by atoms with Gasteiger partial charge in [-0.25, -0.2) is 0 Å². The van der Waals surface area contributed by atoms with Gasteiger partial charge in [0.25, 0.3) is 0 Å². The Balaban J connectivity index is 1.86. The number of carbonyl (C=O) groups excluding carboxylic acids is 1. The van der Waals surface area contributed by atoms with Crippen LogP contribution in [0, 0.1) is 23.2 Å². The molecule has 1 aromatic rings. The third-order valence-corrected chi connectivity index (χ3v) is 5.06. The van der Waals surface area contributed by atoms with Crippen molar-refractivity contribution in [3.63, 3.8) is 0 Å². The zero-order valence-electron chi connectivity index (χ0n) is 12.2. The van der Waals surface area contributed by atoms with Gasteiger partial charge >= 0.3 is 0 Å². The number of amides is 1. The van der Waals surface area contributed by atoms with Crippen molar-refractivity contribution in [2.75, 3.05) is 19.4 Å². The molecule has 0 aromatic heterocycles. The van der Waals surface area contributed by atoms with Crippen molar-refractivity contribution in [2.45, 2.75) is 24.2 Å². The molecule has 1 saturated carbocycles. The monoisotopic (exact) mass is 304 g/mol. The van der Waals surface area contributed by atoms with Crippen LogP contribution in [0.2, 0.25) is 0 Å². The van der Waals surface area contributed by atoms with Crippen LogP contribution in [-0.4, -0.2) is 25.3 Å². The van der Waals surface area contributed by atoms with Gasteiger partial charge < -0.3 is 10.1 Å². The van der Waals surface area contributed by atoms with Gasteiger partial charge in [0.2, 0.25) is 5.91 Å². The molecule has 0 spiro atoms. The van der Waals surface area contributed by atoms with Crippen LogP contribution in [0.1, 0.15) is 19.3 Å². The molecule has 2 atom stereocenters. The Morgan fingerprint density at radius 1 is 1.43 bits per heavy atom. The first-order chi connectivity index (χ1) is 10.2. The third-order valence-electron chi connectivity index (χ3n) is 3.86. The molecule has 0 aliphatic heterocycles. The fraction of sp³-hybridized carbons (Fsp3) is 0.500. The average molecular weight is 304 g/mol. The summed E-state index contributed by atoms with van der Waals surface area (Å²) in [7, 11) is 1.66. The molecule has 0 unspecified atom stereocenters. The maximum atomic E-state index is 12.0. The highest BCUT2D eigenvalue weighted by Gasteiger charge is 2.32. The number of carbonyl (C=O) groups is 1. The van der Waals surface area contributed by atoms with E-state index in [2.05, 4.69) is 5.32 Å². The number of thioether (sulfide) groups is 1. The summed E-state index contributed by atoms with van der Waals surface area (Å²) in [5.74, 6) is 2.29. The van der Waals surface area contributed by atoms with Crippen molar-refractivity contribution in [3.8, 4) is 11.8 Å². The minimum Gasteiger partial charge on any atom is -0.497 e. The van der Waals surface area contributed by atoms with Gasteiger partial charge in [0.1, 0.15) is 12.3 Å². The number of hydrogen-bond donors (Lipinski definition) is 1. The highest BCUT2D eigenvalue weighted by Crippen LogP contribution is 2.36.